The van der Waals surface area contributed by atoms with E-state index in [0.29, 0.717) is 16.7 Å². The Kier molecular flexibility index (Phi) is 37.9. The number of nitrogens with zero attached hydrogens (tertiary/aromatic N) is 3. The number of benzene rings is 5. The van der Waals surface area contributed by atoms with Crippen LogP contribution in [-0.4, -0.2) is 261 Å². The van der Waals surface area contributed by atoms with Crippen LogP contribution in [0, 0.1) is 23.2 Å². The first-order valence-corrected chi connectivity index (χ1v) is 42.7. The summed E-state index contributed by atoms with van der Waals surface area (Å²) in [4.78, 5) is 233. The van der Waals surface area contributed by atoms with Crippen molar-refractivity contribution < 1.29 is 92.0 Å². The van der Waals surface area contributed by atoms with Gasteiger partial charge in [0.1, 0.15) is 72.2 Å². The first-order valence-electron chi connectivity index (χ1n) is 41.6. The number of guanidine groups is 1. The maximum Gasteiger partial charge on any atom is 0.305 e. The monoisotopic (exact) mass is 1760 g/mol. The molecule has 0 spiro atoms. The van der Waals surface area contributed by atoms with Gasteiger partial charge in [0.25, 0.3) is 0 Å². The normalized spacial score (nSPS) is 22.5. The lowest BCUT2D eigenvalue weighted by molar-refractivity contribution is -0.145. The number of aliphatic hydroxyl groups is 1. The van der Waals surface area contributed by atoms with Gasteiger partial charge in [-0.15, -0.1) is 11.8 Å². The molecule has 2 fully saturated rings. The van der Waals surface area contributed by atoms with Gasteiger partial charge in [-0.05, 0) is 115 Å². The first-order chi connectivity index (χ1) is 59.5. The number of primary amides is 1. The molecule has 7 rings (SSSR count). The van der Waals surface area contributed by atoms with E-state index in [0.717, 1.165) is 48.7 Å². The smallest absolute Gasteiger partial charge is 0.305 e. The highest BCUT2D eigenvalue weighted by Gasteiger charge is 2.43. The molecule has 0 bridgehead atoms. The van der Waals surface area contributed by atoms with Crippen molar-refractivity contribution in [2.24, 2.45) is 29.2 Å². The molecular weight excluding hydrogens is 1650 g/mol. The van der Waals surface area contributed by atoms with Gasteiger partial charge in [-0.2, -0.15) is 0 Å². The van der Waals surface area contributed by atoms with Crippen LogP contribution in [0.15, 0.2) is 133 Å². The van der Waals surface area contributed by atoms with E-state index < -0.39 is 222 Å². The standard InChI is InChI=1S/C88H118N18O19S/c1-49(2)39-61-78(116)100-66(76(114)93-44-68(89)108)47-126-48-70(110)102-75(88(7,8)125)84(122)98-63(40-52-25-31-57(32-26-52)55-19-13-11-14-20-55)80(118)99-65(42-53-27-33-58(34-28-53)56-21-15-12-16-22-56)85(123)105(10)46-71(111)106-38-18-24-67(106)82(120)96-64(43-72(112)113)81(119)94-60(23-17-37-92-87(90)91)77(115)103-74(51(5)6)86(124)104(9)45-69(109)101-73(50(3)4)83(121)97-62(79(117)95-61)41-54-29-35-59(107)36-30-54/h11-16,19-22,25-36,49-51,60-67,73-75,107,125H,17-18,23-24,37-48H2,1-10H3,(H2,89,108)(H,93,114)(H,94,119)(H,95,117)(H,96,120)(H,97,121)(H,98,122)(H,99,118)(H,100,116)(H,101,109)(H,102,110)(H,103,115)(H,112,113)(H4,90,91,92)/t60-,61-,62-,63-,64-,65-,66-,67-,73-,74-,75+/m0/s1. The number of rotatable bonds is 22. The maximum atomic E-state index is 15.4. The molecule has 680 valence electrons. The quantitative estimate of drug-likeness (QED) is 0.0241. The largest absolute Gasteiger partial charge is 0.508 e. The summed E-state index contributed by atoms with van der Waals surface area (Å²) in [5.41, 5.74) is 13.5. The molecule has 2 heterocycles. The van der Waals surface area contributed by atoms with E-state index >= 15 is 14.4 Å². The number of phenolic OH excluding ortho intramolecular Hbond substituents is 1. The molecule has 0 saturated carbocycles. The Morgan fingerprint density at radius 1 is 0.524 bits per heavy atom. The molecule has 11 atom stereocenters. The highest BCUT2D eigenvalue weighted by Crippen LogP contribution is 2.25. The molecule has 2 aliphatic rings. The highest BCUT2D eigenvalue weighted by atomic mass is 32.2. The van der Waals surface area contributed by atoms with Crippen LogP contribution in [0.4, 0.5) is 0 Å². The number of hydrogen-bond acceptors (Lipinski definition) is 20. The van der Waals surface area contributed by atoms with Crippen molar-refractivity contribution in [1.82, 2.24) is 78.5 Å². The van der Waals surface area contributed by atoms with Gasteiger partial charge in [0.15, 0.2) is 5.96 Å². The predicted octanol–water partition coefficient (Wildman–Crippen LogP) is -0.275. The predicted molar refractivity (Wildman–Crippen MR) is 469 cm³/mol. The van der Waals surface area contributed by atoms with Crippen molar-refractivity contribution in [2.75, 3.05) is 58.3 Å². The molecule has 5 aromatic rings. The summed E-state index contributed by atoms with van der Waals surface area (Å²) in [6.45, 7) is 9.89. The number of carboxylic acid groups (broad SMARTS) is 1. The summed E-state index contributed by atoms with van der Waals surface area (Å²) < 4.78 is 0. The van der Waals surface area contributed by atoms with Crippen LogP contribution in [0.25, 0.3) is 22.3 Å². The van der Waals surface area contributed by atoms with Crippen molar-refractivity contribution in [3.05, 3.63) is 150 Å². The number of nitrogens with two attached hydrogens (primary N) is 2. The average Bonchev–Trinajstić information content (AvgIpc) is 1.63. The Hall–Kier alpha value is -13.0. The van der Waals surface area contributed by atoms with Gasteiger partial charge in [0.05, 0.1) is 37.4 Å². The van der Waals surface area contributed by atoms with Crippen LogP contribution in [0.1, 0.15) is 111 Å². The van der Waals surface area contributed by atoms with E-state index in [4.69, 9.17) is 16.9 Å². The third-order valence-electron chi connectivity index (χ3n) is 21.0. The molecule has 38 heteroatoms. The molecule has 0 radical (unpaired) electrons. The van der Waals surface area contributed by atoms with Crippen molar-refractivity contribution >= 4 is 112 Å². The number of thioether (sulfide) groups is 1. The van der Waals surface area contributed by atoms with Gasteiger partial charge < -0.3 is 105 Å². The van der Waals surface area contributed by atoms with Crippen LogP contribution in [0.2, 0.25) is 0 Å². The summed E-state index contributed by atoms with van der Waals surface area (Å²) in [5.74, 6) is -19.3. The molecule has 126 heavy (non-hydrogen) atoms. The fraction of sp³-hybridized carbons (Fsp3) is 0.466. The van der Waals surface area contributed by atoms with Gasteiger partial charge in [0, 0.05) is 52.2 Å². The van der Waals surface area contributed by atoms with Crippen molar-refractivity contribution in [3.8, 4) is 28.0 Å². The molecule has 37 nitrogen and oxygen atoms in total. The second-order valence-corrected chi connectivity index (χ2v) is 34.1. The van der Waals surface area contributed by atoms with Gasteiger partial charge >= 0.3 is 5.97 Å². The lowest BCUT2D eigenvalue weighted by Crippen LogP contribution is -2.62. The Balaban J connectivity index is 1.29. The number of aromatic hydroxyl groups is 1. The minimum Gasteiger partial charge on any atom is -0.508 e. The zero-order valence-corrected chi connectivity index (χ0v) is 73.2. The summed E-state index contributed by atoms with van der Waals surface area (Å²) in [7, 11) is 2.51. The van der Waals surface area contributed by atoms with E-state index in [1.165, 1.54) is 52.2 Å². The third kappa shape index (κ3) is 31.3. The SMILES string of the molecule is CC(C)C[C@@H]1NC(=O)[C@H](Cc2ccc(O)cc2)NC(=O)[C@H](C(C)C)NC(=O)CN(C)C(=O)[C@H](C(C)C)NC(=O)[C@H](CCCNC(=N)N)NC(=O)[C@H](CC(=O)O)NC(=O)[C@@H]2CCCN2C(=O)CN(C)C(=O)[C@H](Cc2ccc(-c3ccccc3)cc2)NC(=O)[C@H](Cc2ccc(-c3ccccc3)cc2)NC(=O)[C@H](C(C)(C)O)NC(=O)CSC[C@@H](C(=O)NCC(N)=O)NC1=O. The van der Waals surface area contributed by atoms with E-state index in [9.17, 15) is 77.6 Å². The van der Waals surface area contributed by atoms with Gasteiger partial charge in [-0.1, -0.05) is 163 Å². The number of nitrogens with one attached hydrogen (secondary N) is 13. The minimum absolute atomic E-state index is 0.0132. The number of carboxylic acids is 1. The average molecular weight is 1760 g/mol. The van der Waals surface area contributed by atoms with E-state index in [1.807, 2.05) is 60.7 Å². The molecule has 2 saturated heterocycles. The number of likely N-dealkylation sites (N-methyl/N-ethyl adjacent to an activating group) is 2. The van der Waals surface area contributed by atoms with Gasteiger partial charge in [-0.25, -0.2) is 0 Å². The number of hydrogen-bond donors (Lipinski definition) is 18. The fourth-order valence-electron chi connectivity index (χ4n) is 14.2. The molecule has 5 aromatic carbocycles. The zero-order chi connectivity index (χ0) is 92.8. The molecule has 15 amide bonds. The number of carbonyl (C=O) groups is 16. The topological polar surface area (TPSA) is 564 Å². The van der Waals surface area contributed by atoms with Crippen LogP contribution in [-0.2, 0) is 96.0 Å². The molecular formula is C88H118N18O19S. The second-order valence-electron chi connectivity index (χ2n) is 33.0. The van der Waals surface area contributed by atoms with Crippen molar-refractivity contribution in [3.63, 3.8) is 0 Å². The van der Waals surface area contributed by atoms with E-state index in [2.05, 4.69) is 63.8 Å². The molecule has 0 aromatic heterocycles. The number of amides is 15. The number of fused-ring (bicyclic) bond motifs is 1. The Morgan fingerprint density at radius 3 is 1.51 bits per heavy atom. The highest BCUT2D eigenvalue weighted by molar-refractivity contribution is 8.00. The lowest BCUT2D eigenvalue weighted by atomic mass is 9.96. The van der Waals surface area contributed by atoms with Gasteiger partial charge in [-0.3, -0.25) is 82.1 Å². The molecule has 0 unspecified atom stereocenters. The first kappa shape index (κ1) is 100. The van der Waals surface area contributed by atoms with Gasteiger partial charge in [0.2, 0.25) is 88.6 Å². The van der Waals surface area contributed by atoms with Crippen LogP contribution in [0.3, 0.4) is 0 Å². The zero-order valence-electron chi connectivity index (χ0n) is 72.4. The lowest BCUT2D eigenvalue weighted by Gasteiger charge is -2.32. The van der Waals surface area contributed by atoms with E-state index in [-0.39, 0.29) is 76.1 Å². The number of aliphatic carboxylic acids is 1. The van der Waals surface area contributed by atoms with Crippen LogP contribution in [0.5, 0.6) is 5.75 Å². The summed E-state index contributed by atoms with van der Waals surface area (Å²) in [5, 5.41) is 71.0. The molecule has 2 aliphatic heterocycles. The summed E-state index contributed by atoms with van der Waals surface area (Å²) in [6.07, 6.45) is -1.98. The van der Waals surface area contributed by atoms with Crippen molar-refractivity contribution in [2.45, 2.75) is 185 Å². The molecule has 0 aliphatic carbocycles. The summed E-state index contributed by atoms with van der Waals surface area (Å²) in [6, 6.07) is 20.9. The number of phenols is 1. The number of carbonyl (C=O) groups excluding carboxylic acids is 15. The second kappa shape index (κ2) is 47.7. The van der Waals surface area contributed by atoms with Crippen molar-refractivity contribution in [1.29, 1.82) is 5.41 Å². The minimum atomic E-state index is -2.12. The van der Waals surface area contributed by atoms with Crippen LogP contribution < -0.4 is 75.3 Å². The molecule has 20 N–H and O–H groups in total. The van der Waals surface area contributed by atoms with Crippen LogP contribution >= 0.6 is 11.8 Å². The maximum absolute atomic E-state index is 15.4. The summed E-state index contributed by atoms with van der Waals surface area (Å²) >= 11 is 0.747. The Morgan fingerprint density at radius 2 is 0.992 bits per heavy atom. The Labute approximate surface area is 735 Å². The third-order valence-corrected chi connectivity index (χ3v) is 22.0. The van der Waals surface area contributed by atoms with E-state index in [1.54, 1.807) is 90.1 Å². The fourth-order valence-corrected chi connectivity index (χ4v) is 15.0. The Bertz CT molecular complexity index is 4670.